The van der Waals surface area contributed by atoms with Gasteiger partial charge in [-0.05, 0) is 57.3 Å². The van der Waals surface area contributed by atoms with E-state index in [1.165, 1.54) is 11.1 Å². The van der Waals surface area contributed by atoms with Crippen molar-refractivity contribution in [2.45, 2.75) is 38.4 Å². The molecule has 0 spiro atoms. The molecule has 0 radical (unpaired) electrons. The molecule has 1 saturated heterocycles. The van der Waals surface area contributed by atoms with Crippen molar-refractivity contribution in [3.63, 3.8) is 0 Å². The maximum absolute atomic E-state index is 13.6. The summed E-state index contributed by atoms with van der Waals surface area (Å²) < 4.78 is 23.2. The van der Waals surface area contributed by atoms with E-state index in [1.54, 1.807) is 11.3 Å². The quantitative estimate of drug-likeness (QED) is 0.451. The number of nitrogens with zero attached hydrogens (tertiary/aromatic N) is 2. The fourth-order valence-corrected chi connectivity index (χ4v) is 5.85. The standard InChI is InChI=1S/C30H32N2O6S/c33-17-21-1-3-22(4-2-21)18-35-29-15-25(24-7-12-39-19-24)14-28(38-29)30(34)32-10-8-31(9-11-32)16-23-5-6-26-27(13-23)37-20-36-26/h1-7,12-14,19,25,29,33H,8-11,15-18,20H2/t25-,29+/m1/s1. The van der Waals surface area contributed by atoms with Crippen LogP contribution in [0.25, 0.3) is 0 Å². The van der Waals surface area contributed by atoms with Crippen LogP contribution < -0.4 is 9.47 Å². The van der Waals surface area contributed by atoms with E-state index in [0.717, 1.165) is 42.3 Å². The van der Waals surface area contributed by atoms with Crippen molar-refractivity contribution in [2.24, 2.45) is 0 Å². The van der Waals surface area contributed by atoms with Crippen LogP contribution in [0.3, 0.4) is 0 Å². The summed E-state index contributed by atoms with van der Waals surface area (Å²) in [7, 11) is 0. The van der Waals surface area contributed by atoms with E-state index >= 15 is 0 Å². The molecule has 2 atom stereocenters. The third kappa shape index (κ3) is 6.12. The van der Waals surface area contributed by atoms with Crippen molar-refractivity contribution in [2.75, 3.05) is 33.0 Å². The van der Waals surface area contributed by atoms with E-state index in [9.17, 15) is 9.90 Å². The Morgan fingerprint density at radius 3 is 2.51 bits per heavy atom. The molecule has 2 aromatic carbocycles. The van der Waals surface area contributed by atoms with Gasteiger partial charge in [0.2, 0.25) is 13.1 Å². The second-order valence-corrected chi connectivity index (χ2v) is 10.8. The van der Waals surface area contributed by atoms with Crippen molar-refractivity contribution in [1.82, 2.24) is 9.80 Å². The SMILES string of the molecule is O=C(C1=C[C@@H](c2ccsc2)C[C@@H](OCc2ccc(CO)cc2)O1)N1CCN(Cc2ccc3c(c2)OCO3)CC1. The highest BCUT2D eigenvalue weighted by Crippen LogP contribution is 2.34. The Bertz CT molecular complexity index is 1300. The van der Waals surface area contributed by atoms with Crippen LogP contribution in [-0.4, -0.2) is 60.1 Å². The molecule has 3 aliphatic rings. The number of fused-ring (bicyclic) bond motifs is 1. The summed E-state index contributed by atoms with van der Waals surface area (Å²) in [4.78, 5) is 17.8. The number of aliphatic hydroxyl groups excluding tert-OH is 1. The number of ether oxygens (including phenoxy) is 4. The highest BCUT2D eigenvalue weighted by molar-refractivity contribution is 7.08. The number of rotatable bonds is 8. The predicted molar refractivity (Wildman–Crippen MR) is 146 cm³/mol. The van der Waals surface area contributed by atoms with Crippen molar-refractivity contribution in [3.8, 4) is 11.5 Å². The molecule has 204 valence electrons. The summed E-state index contributed by atoms with van der Waals surface area (Å²) in [5.41, 5.74) is 4.19. The van der Waals surface area contributed by atoms with Crippen LogP contribution in [0.15, 0.2) is 71.1 Å². The highest BCUT2D eigenvalue weighted by atomic mass is 32.1. The topological polar surface area (TPSA) is 80.7 Å². The molecule has 1 N–H and O–H groups in total. The minimum atomic E-state index is -0.524. The molecule has 6 rings (SSSR count). The molecular formula is C30H32N2O6S. The Morgan fingerprint density at radius 1 is 0.974 bits per heavy atom. The highest BCUT2D eigenvalue weighted by Gasteiger charge is 2.32. The van der Waals surface area contributed by atoms with Crippen LogP contribution in [0.5, 0.6) is 11.5 Å². The minimum absolute atomic E-state index is 0.0120. The summed E-state index contributed by atoms with van der Waals surface area (Å²) in [6, 6.07) is 15.8. The third-order valence-electron chi connectivity index (χ3n) is 7.38. The number of amides is 1. The van der Waals surface area contributed by atoms with Gasteiger partial charge in [0.15, 0.2) is 17.3 Å². The van der Waals surface area contributed by atoms with Gasteiger partial charge in [-0.3, -0.25) is 9.69 Å². The van der Waals surface area contributed by atoms with Crippen LogP contribution in [-0.2, 0) is 34.0 Å². The van der Waals surface area contributed by atoms with Crippen LogP contribution >= 0.6 is 11.3 Å². The second-order valence-electron chi connectivity index (χ2n) is 10.0. The Kier molecular flexibility index (Phi) is 7.83. The van der Waals surface area contributed by atoms with Crippen molar-refractivity contribution in [1.29, 1.82) is 0 Å². The lowest BCUT2D eigenvalue weighted by atomic mass is 9.95. The monoisotopic (exact) mass is 548 g/mol. The number of hydrogen-bond acceptors (Lipinski definition) is 8. The molecule has 3 aliphatic heterocycles. The van der Waals surface area contributed by atoms with Gasteiger partial charge in [0.05, 0.1) is 13.2 Å². The Labute approximate surface area is 232 Å². The lowest BCUT2D eigenvalue weighted by Gasteiger charge is -2.36. The number of hydrogen-bond donors (Lipinski definition) is 1. The third-order valence-corrected chi connectivity index (χ3v) is 8.09. The lowest BCUT2D eigenvalue weighted by Crippen LogP contribution is -2.49. The van der Waals surface area contributed by atoms with Gasteiger partial charge in [0.1, 0.15) is 0 Å². The fourth-order valence-electron chi connectivity index (χ4n) is 5.12. The zero-order valence-electron chi connectivity index (χ0n) is 21.7. The summed E-state index contributed by atoms with van der Waals surface area (Å²) in [6.45, 7) is 4.29. The largest absolute Gasteiger partial charge is 0.459 e. The number of carbonyl (C=O) groups excluding carboxylic acids is 1. The lowest BCUT2D eigenvalue weighted by molar-refractivity contribution is -0.157. The van der Waals surface area contributed by atoms with Gasteiger partial charge in [0, 0.05) is 45.1 Å². The van der Waals surface area contributed by atoms with Gasteiger partial charge in [-0.25, -0.2) is 0 Å². The zero-order valence-corrected chi connectivity index (χ0v) is 22.5. The molecule has 0 saturated carbocycles. The van der Waals surface area contributed by atoms with Crippen LogP contribution in [0.2, 0.25) is 0 Å². The summed E-state index contributed by atoms with van der Waals surface area (Å²) in [6.07, 6.45) is 2.08. The smallest absolute Gasteiger partial charge is 0.288 e. The maximum atomic E-state index is 13.6. The molecule has 8 nitrogen and oxygen atoms in total. The first-order valence-corrected chi connectivity index (χ1v) is 14.2. The number of allylic oxidation sites excluding steroid dienone is 1. The second kappa shape index (κ2) is 11.8. The van der Waals surface area contributed by atoms with E-state index in [0.29, 0.717) is 31.9 Å². The first-order chi connectivity index (χ1) is 19.1. The molecule has 3 aromatic rings. The number of benzene rings is 2. The van der Waals surface area contributed by atoms with Crippen LogP contribution in [0, 0.1) is 0 Å². The molecule has 1 aromatic heterocycles. The number of thiophene rings is 1. The van der Waals surface area contributed by atoms with E-state index in [1.807, 2.05) is 47.4 Å². The molecule has 9 heteroatoms. The zero-order chi connectivity index (χ0) is 26.6. The van der Waals surface area contributed by atoms with E-state index in [2.05, 4.69) is 27.8 Å². The first kappa shape index (κ1) is 25.9. The minimum Gasteiger partial charge on any atom is -0.459 e. The Hall–Kier alpha value is -3.37. The summed E-state index contributed by atoms with van der Waals surface area (Å²) in [5.74, 6) is 1.92. The molecule has 1 amide bonds. The number of carbonyl (C=O) groups is 1. The number of piperazine rings is 1. The molecule has 1 fully saturated rings. The normalized spacial score (nSPS) is 20.9. The molecular weight excluding hydrogens is 516 g/mol. The first-order valence-electron chi connectivity index (χ1n) is 13.3. The van der Waals surface area contributed by atoms with Crippen molar-refractivity contribution >= 4 is 17.2 Å². The number of aliphatic hydroxyl groups is 1. The molecule has 0 aliphatic carbocycles. The van der Waals surface area contributed by atoms with Gasteiger partial charge in [0.25, 0.3) is 5.91 Å². The van der Waals surface area contributed by atoms with Crippen molar-refractivity contribution < 1.29 is 28.8 Å². The fraction of sp³-hybridized carbons (Fsp3) is 0.367. The Morgan fingerprint density at radius 2 is 1.74 bits per heavy atom. The summed E-state index contributed by atoms with van der Waals surface area (Å²) >= 11 is 1.65. The maximum Gasteiger partial charge on any atom is 0.288 e. The van der Waals surface area contributed by atoms with Gasteiger partial charge in [-0.1, -0.05) is 30.3 Å². The van der Waals surface area contributed by atoms with Crippen LogP contribution in [0.4, 0.5) is 0 Å². The molecule has 0 bridgehead atoms. The molecule has 4 heterocycles. The summed E-state index contributed by atoms with van der Waals surface area (Å²) in [5, 5.41) is 13.5. The van der Waals surface area contributed by atoms with E-state index in [-0.39, 0.29) is 25.2 Å². The molecule has 0 unspecified atom stereocenters. The average molecular weight is 549 g/mol. The van der Waals surface area contributed by atoms with Gasteiger partial charge in [-0.15, -0.1) is 0 Å². The van der Waals surface area contributed by atoms with E-state index in [4.69, 9.17) is 18.9 Å². The van der Waals surface area contributed by atoms with Gasteiger partial charge in [-0.2, -0.15) is 11.3 Å². The van der Waals surface area contributed by atoms with Crippen molar-refractivity contribution in [3.05, 3.63) is 93.4 Å². The average Bonchev–Trinajstić information content (AvgIpc) is 3.69. The van der Waals surface area contributed by atoms with E-state index < -0.39 is 6.29 Å². The molecule has 39 heavy (non-hydrogen) atoms. The van der Waals surface area contributed by atoms with Gasteiger partial charge < -0.3 is 29.0 Å². The Balaban J connectivity index is 1.07. The predicted octanol–water partition coefficient (Wildman–Crippen LogP) is 4.24. The van der Waals surface area contributed by atoms with Gasteiger partial charge >= 0.3 is 0 Å². The van der Waals surface area contributed by atoms with Crippen LogP contribution in [0.1, 0.15) is 34.6 Å².